The second-order valence-corrected chi connectivity index (χ2v) is 3.54. The molecule has 0 heterocycles. The van der Waals surface area contributed by atoms with Crippen molar-refractivity contribution in [2.24, 2.45) is 5.73 Å². The summed E-state index contributed by atoms with van der Waals surface area (Å²) in [6.45, 7) is 0. The Morgan fingerprint density at radius 1 is 1.12 bits per heavy atom. The fraction of sp³-hybridized carbons (Fsp3) is 0.400. The first-order valence-electron chi connectivity index (χ1n) is 4.63. The van der Waals surface area contributed by atoms with Crippen molar-refractivity contribution >= 4 is 12.4 Å². The summed E-state index contributed by atoms with van der Waals surface area (Å²) in [7, 11) is 0. The zero-order valence-electron chi connectivity index (χ0n) is 8.74. The number of nitrogens with two attached hydrogens (primary N) is 1. The van der Waals surface area contributed by atoms with E-state index < -0.39 is 18.6 Å². The molecule has 0 fully saturated rings. The van der Waals surface area contributed by atoms with Crippen LogP contribution in [0.2, 0.25) is 0 Å². The van der Waals surface area contributed by atoms with Crippen molar-refractivity contribution in [3.05, 3.63) is 23.8 Å². The van der Waals surface area contributed by atoms with Gasteiger partial charge in [0.05, 0.1) is 0 Å². The van der Waals surface area contributed by atoms with Gasteiger partial charge in [-0.25, -0.2) is 0 Å². The molecule has 0 radical (unpaired) electrons. The predicted molar refractivity (Wildman–Crippen MR) is 59.2 cm³/mol. The summed E-state index contributed by atoms with van der Waals surface area (Å²) in [5.41, 5.74) is 5.80. The summed E-state index contributed by atoms with van der Waals surface area (Å²) < 4.78 is 35.8. The second-order valence-electron chi connectivity index (χ2n) is 3.54. The zero-order valence-corrected chi connectivity index (χ0v) is 9.55. The van der Waals surface area contributed by atoms with Crippen molar-refractivity contribution in [1.29, 1.82) is 0 Å². The molecular formula is C10H13ClF3NO2. The summed E-state index contributed by atoms with van der Waals surface area (Å²) in [6, 6.07) is 2.70. The number of phenols is 2. The Morgan fingerprint density at radius 2 is 1.59 bits per heavy atom. The number of rotatable bonds is 3. The van der Waals surface area contributed by atoms with Crippen LogP contribution in [0.25, 0.3) is 0 Å². The van der Waals surface area contributed by atoms with Crippen molar-refractivity contribution in [2.45, 2.75) is 25.1 Å². The van der Waals surface area contributed by atoms with Crippen LogP contribution in [0.5, 0.6) is 11.5 Å². The maximum atomic E-state index is 11.9. The molecule has 0 aliphatic heterocycles. The average molecular weight is 272 g/mol. The van der Waals surface area contributed by atoms with Gasteiger partial charge in [-0.1, -0.05) is 0 Å². The van der Waals surface area contributed by atoms with Crippen LogP contribution < -0.4 is 5.73 Å². The van der Waals surface area contributed by atoms with Gasteiger partial charge in [-0.3, -0.25) is 0 Å². The molecule has 0 amide bonds. The lowest BCUT2D eigenvalue weighted by Gasteiger charge is -2.14. The quantitative estimate of drug-likeness (QED) is 0.792. The van der Waals surface area contributed by atoms with Crippen molar-refractivity contribution in [2.75, 3.05) is 0 Å². The molecule has 0 spiro atoms. The van der Waals surface area contributed by atoms with Crippen molar-refractivity contribution in [3.63, 3.8) is 0 Å². The Labute approximate surface area is 102 Å². The van der Waals surface area contributed by atoms with Gasteiger partial charge in [0.2, 0.25) is 0 Å². The minimum absolute atomic E-state index is 0. The van der Waals surface area contributed by atoms with Gasteiger partial charge in [0.1, 0.15) is 11.5 Å². The highest BCUT2D eigenvalue weighted by Crippen LogP contribution is 2.29. The standard InChI is InChI=1S/C10H12F3NO2.ClH/c11-10(12,13)2-1-9(14)6-3-7(15)5-8(16)4-6;/h3-5,9,15-16H,1-2,14H2;1H/t9-;/m0./s1. The minimum Gasteiger partial charge on any atom is -0.508 e. The molecule has 0 bridgehead atoms. The highest BCUT2D eigenvalue weighted by molar-refractivity contribution is 5.85. The molecule has 3 nitrogen and oxygen atoms in total. The Kier molecular flexibility index (Phi) is 5.57. The van der Waals surface area contributed by atoms with E-state index in [1.165, 1.54) is 12.1 Å². The summed E-state index contributed by atoms with van der Waals surface area (Å²) in [5.74, 6) is -0.449. The number of alkyl halides is 3. The number of phenolic OH excluding ortho intramolecular Hbond substituents is 2. The molecule has 0 unspecified atom stereocenters. The Balaban J connectivity index is 0.00000256. The van der Waals surface area contributed by atoms with E-state index in [4.69, 9.17) is 15.9 Å². The summed E-state index contributed by atoms with van der Waals surface area (Å²) in [5, 5.41) is 18.3. The molecular weight excluding hydrogens is 259 g/mol. The van der Waals surface area contributed by atoms with Crippen LogP contribution in [-0.4, -0.2) is 16.4 Å². The van der Waals surface area contributed by atoms with E-state index in [1.807, 2.05) is 0 Å². The van der Waals surface area contributed by atoms with E-state index in [0.29, 0.717) is 0 Å². The van der Waals surface area contributed by atoms with Crippen LogP contribution in [0.1, 0.15) is 24.4 Å². The summed E-state index contributed by atoms with van der Waals surface area (Å²) in [6.07, 6.45) is -5.53. The van der Waals surface area contributed by atoms with Gasteiger partial charge in [-0.05, 0) is 24.1 Å². The predicted octanol–water partition coefficient (Wildman–Crippen LogP) is 2.86. The number of hydrogen-bond acceptors (Lipinski definition) is 3. The van der Waals surface area contributed by atoms with Crippen LogP contribution in [0.3, 0.4) is 0 Å². The van der Waals surface area contributed by atoms with E-state index in [9.17, 15) is 13.2 Å². The van der Waals surface area contributed by atoms with Crippen LogP contribution >= 0.6 is 12.4 Å². The van der Waals surface area contributed by atoms with Gasteiger partial charge in [-0.15, -0.1) is 12.4 Å². The van der Waals surface area contributed by atoms with Crippen LogP contribution in [0.15, 0.2) is 18.2 Å². The molecule has 1 aromatic rings. The lowest BCUT2D eigenvalue weighted by Crippen LogP contribution is -2.15. The first-order valence-corrected chi connectivity index (χ1v) is 4.63. The monoisotopic (exact) mass is 271 g/mol. The fourth-order valence-electron chi connectivity index (χ4n) is 1.32. The van der Waals surface area contributed by atoms with Gasteiger partial charge in [0.25, 0.3) is 0 Å². The zero-order chi connectivity index (χ0) is 12.3. The molecule has 1 rings (SSSR count). The van der Waals surface area contributed by atoms with Gasteiger partial charge < -0.3 is 15.9 Å². The van der Waals surface area contributed by atoms with Crippen molar-refractivity contribution in [1.82, 2.24) is 0 Å². The lowest BCUT2D eigenvalue weighted by molar-refractivity contribution is -0.136. The second kappa shape index (κ2) is 5.97. The Bertz CT molecular complexity index is 351. The molecule has 4 N–H and O–H groups in total. The van der Waals surface area contributed by atoms with E-state index >= 15 is 0 Å². The van der Waals surface area contributed by atoms with E-state index in [0.717, 1.165) is 6.07 Å². The number of aromatic hydroxyl groups is 2. The Morgan fingerprint density at radius 3 is 2.00 bits per heavy atom. The summed E-state index contributed by atoms with van der Waals surface area (Å²) >= 11 is 0. The van der Waals surface area contributed by atoms with Gasteiger partial charge in [0, 0.05) is 18.5 Å². The van der Waals surface area contributed by atoms with E-state index in [2.05, 4.69) is 0 Å². The largest absolute Gasteiger partial charge is 0.508 e. The molecule has 98 valence electrons. The molecule has 17 heavy (non-hydrogen) atoms. The maximum absolute atomic E-state index is 11.9. The normalized spacial score (nSPS) is 12.9. The van der Waals surface area contributed by atoms with Crippen molar-refractivity contribution in [3.8, 4) is 11.5 Å². The first kappa shape index (κ1) is 15.9. The highest BCUT2D eigenvalue weighted by atomic mass is 35.5. The van der Waals surface area contributed by atoms with Crippen LogP contribution in [-0.2, 0) is 0 Å². The average Bonchev–Trinajstić information content (AvgIpc) is 2.11. The third-order valence-electron chi connectivity index (χ3n) is 2.09. The molecule has 1 atom stereocenters. The number of halogens is 4. The van der Waals surface area contributed by atoms with Crippen LogP contribution in [0, 0.1) is 0 Å². The highest BCUT2D eigenvalue weighted by Gasteiger charge is 2.27. The molecule has 0 saturated heterocycles. The van der Waals surface area contributed by atoms with Crippen LogP contribution in [0.4, 0.5) is 13.2 Å². The fourth-order valence-corrected chi connectivity index (χ4v) is 1.32. The van der Waals surface area contributed by atoms with Crippen molar-refractivity contribution < 1.29 is 23.4 Å². The SMILES string of the molecule is Cl.N[C@@H](CCC(F)(F)F)c1cc(O)cc(O)c1. The van der Waals surface area contributed by atoms with E-state index in [-0.39, 0.29) is 35.9 Å². The molecule has 0 aliphatic carbocycles. The molecule has 0 aromatic heterocycles. The maximum Gasteiger partial charge on any atom is 0.389 e. The summed E-state index contributed by atoms with van der Waals surface area (Å²) in [4.78, 5) is 0. The van der Waals surface area contributed by atoms with Gasteiger partial charge in [-0.2, -0.15) is 13.2 Å². The molecule has 7 heteroatoms. The topological polar surface area (TPSA) is 66.5 Å². The molecule has 0 saturated carbocycles. The number of hydrogen-bond donors (Lipinski definition) is 3. The number of benzene rings is 1. The Hall–Kier alpha value is -1.14. The lowest BCUT2D eigenvalue weighted by atomic mass is 10.0. The van der Waals surface area contributed by atoms with Gasteiger partial charge >= 0.3 is 6.18 Å². The third kappa shape index (κ3) is 5.65. The van der Waals surface area contributed by atoms with Gasteiger partial charge in [0.15, 0.2) is 0 Å². The molecule has 1 aromatic carbocycles. The first-order chi connectivity index (χ1) is 7.28. The minimum atomic E-state index is -4.25. The molecule has 0 aliphatic rings. The third-order valence-corrected chi connectivity index (χ3v) is 2.09. The van der Waals surface area contributed by atoms with E-state index in [1.54, 1.807) is 0 Å². The smallest absolute Gasteiger partial charge is 0.389 e.